The van der Waals surface area contributed by atoms with Crippen LogP contribution in [-0.2, 0) is 11.2 Å². The highest BCUT2D eigenvalue weighted by Gasteiger charge is 2.19. The average molecular weight is 206 g/mol. The van der Waals surface area contributed by atoms with E-state index in [-0.39, 0.29) is 18.5 Å². The summed E-state index contributed by atoms with van der Waals surface area (Å²) in [4.78, 5) is 1.45. The molecule has 4 heteroatoms. The largest absolute Gasteiger partial charge is 0.372 e. The van der Waals surface area contributed by atoms with Gasteiger partial charge in [-0.15, -0.1) is 23.7 Å². The van der Waals surface area contributed by atoms with Gasteiger partial charge in [-0.1, -0.05) is 0 Å². The molecule has 0 spiro atoms. The first-order valence-corrected chi connectivity index (χ1v) is 4.67. The molecule has 0 aromatic carbocycles. The van der Waals surface area contributed by atoms with E-state index in [0.717, 1.165) is 13.0 Å². The van der Waals surface area contributed by atoms with Gasteiger partial charge in [-0.2, -0.15) is 0 Å². The molecule has 2 heterocycles. The third-order valence-electron chi connectivity index (χ3n) is 1.99. The molecule has 68 valence electrons. The Balaban J connectivity index is 0.000000720. The van der Waals surface area contributed by atoms with E-state index >= 15 is 0 Å². The van der Waals surface area contributed by atoms with Crippen LogP contribution in [0.4, 0.5) is 0 Å². The number of ether oxygens (including phenoxy) is 1. The number of rotatable bonds is 1. The van der Waals surface area contributed by atoms with Gasteiger partial charge in [0.1, 0.15) is 0 Å². The normalized spacial score (nSPS) is 21.2. The Morgan fingerprint density at radius 2 is 2.50 bits per heavy atom. The van der Waals surface area contributed by atoms with Gasteiger partial charge in [0.05, 0.1) is 12.7 Å². The second-order valence-corrected chi connectivity index (χ2v) is 3.64. The second kappa shape index (κ2) is 4.23. The SMILES string of the molecule is Cl.NCC1OCCc2sccc21. The summed E-state index contributed by atoms with van der Waals surface area (Å²) in [7, 11) is 0. The molecule has 0 radical (unpaired) electrons. The zero-order chi connectivity index (χ0) is 7.68. The standard InChI is InChI=1S/C8H11NOS.ClH/c9-5-7-6-2-4-11-8(6)1-3-10-7;/h2,4,7H,1,3,5,9H2;1H. The predicted molar refractivity (Wildman–Crippen MR) is 53.0 cm³/mol. The molecule has 1 atom stereocenters. The van der Waals surface area contributed by atoms with Gasteiger partial charge >= 0.3 is 0 Å². The van der Waals surface area contributed by atoms with Gasteiger partial charge in [0.2, 0.25) is 0 Å². The fourth-order valence-electron chi connectivity index (χ4n) is 1.42. The maximum absolute atomic E-state index is 5.56. The van der Waals surface area contributed by atoms with E-state index in [1.165, 1.54) is 10.4 Å². The van der Waals surface area contributed by atoms with Crippen LogP contribution >= 0.6 is 23.7 Å². The summed E-state index contributed by atoms with van der Waals surface area (Å²) >= 11 is 1.81. The molecule has 0 amide bonds. The summed E-state index contributed by atoms with van der Waals surface area (Å²) in [6.07, 6.45) is 1.22. The summed E-state index contributed by atoms with van der Waals surface area (Å²) in [5, 5.41) is 2.11. The van der Waals surface area contributed by atoms with Crippen LogP contribution in [-0.4, -0.2) is 13.2 Å². The highest BCUT2D eigenvalue weighted by molar-refractivity contribution is 7.10. The van der Waals surface area contributed by atoms with Crippen molar-refractivity contribution >= 4 is 23.7 Å². The third kappa shape index (κ3) is 1.64. The zero-order valence-corrected chi connectivity index (χ0v) is 8.29. The maximum Gasteiger partial charge on any atom is 0.0957 e. The number of halogens is 1. The molecule has 0 saturated carbocycles. The number of fused-ring (bicyclic) bond motifs is 1. The molecular weight excluding hydrogens is 194 g/mol. The predicted octanol–water partition coefficient (Wildman–Crippen LogP) is 1.74. The lowest BCUT2D eigenvalue weighted by Gasteiger charge is -2.21. The quantitative estimate of drug-likeness (QED) is 0.758. The van der Waals surface area contributed by atoms with E-state index in [4.69, 9.17) is 10.5 Å². The van der Waals surface area contributed by atoms with Crippen molar-refractivity contribution in [3.05, 3.63) is 21.9 Å². The first-order chi connectivity index (χ1) is 5.42. The van der Waals surface area contributed by atoms with Gasteiger partial charge < -0.3 is 10.5 Å². The van der Waals surface area contributed by atoms with Gasteiger partial charge in [-0.3, -0.25) is 0 Å². The molecule has 2 N–H and O–H groups in total. The lowest BCUT2D eigenvalue weighted by Crippen LogP contribution is -2.21. The van der Waals surface area contributed by atoms with Crippen LogP contribution in [0.5, 0.6) is 0 Å². The maximum atomic E-state index is 5.56. The van der Waals surface area contributed by atoms with Crippen LogP contribution < -0.4 is 5.73 Å². The molecule has 0 aliphatic carbocycles. The second-order valence-electron chi connectivity index (χ2n) is 2.64. The highest BCUT2D eigenvalue weighted by Crippen LogP contribution is 2.29. The Kier molecular flexibility index (Phi) is 3.53. The molecular formula is C8H12ClNOS. The van der Waals surface area contributed by atoms with Gasteiger partial charge in [-0.25, -0.2) is 0 Å². The van der Waals surface area contributed by atoms with Gasteiger partial charge in [0.25, 0.3) is 0 Å². The van der Waals surface area contributed by atoms with Crippen LogP contribution in [0.3, 0.4) is 0 Å². The lowest BCUT2D eigenvalue weighted by molar-refractivity contribution is 0.0498. The summed E-state index contributed by atoms with van der Waals surface area (Å²) in [5.41, 5.74) is 6.87. The van der Waals surface area contributed by atoms with Gasteiger partial charge in [0, 0.05) is 17.8 Å². The minimum Gasteiger partial charge on any atom is -0.372 e. The van der Waals surface area contributed by atoms with Crippen molar-refractivity contribution in [2.24, 2.45) is 5.73 Å². The van der Waals surface area contributed by atoms with Crippen molar-refractivity contribution in [2.45, 2.75) is 12.5 Å². The van der Waals surface area contributed by atoms with Crippen molar-refractivity contribution in [1.29, 1.82) is 0 Å². The molecule has 1 unspecified atom stereocenters. The van der Waals surface area contributed by atoms with E-state index in [1.807, 2.05) is 11.3 Å². The van der Waals surface area contributed by atoms with Gasteiger partial charge in [0.15, 0.2) is 0 Å². The molecule has 0 fully saturated rings. The molecule has 2 rings (SSSR count). The van der Waals surface area contributed by atoms with E-state index in [1.54, 1.807) is 0 Å². The molecule has 1 aromatic rings. The van der Waals surface area contributed by atoms with Crippen molar-refractivity contribution in [3.8, 4) is 0 Å². The third-order valence-corrected chi connectivity index (χ3v) is 2.99. The smallest absolute Gasteiger partial charge is 0.0957 e. The Morgan fingerprint density at radius 3 is 3.25 bits per heavy atom. The van der Waals surface area contributed by atoms with Crippen molar-refractivity contribution in [1.82, 2.24) is 0 Å². The van der Waals surface area contributed by atoms with Crippen LogP contribution in [0.25, 0.3) is 0 Å². The van der Waals surface area contributed by atoms with Crippen LogP contribution in [0.1, 0.15) is 16.5 Å². The van der Waals surface area contributed by atoms with E-state index in [2.05, 4.69) is 11.4 Å². The Bertz CT molecular complexity index is 251. The zero-order valence-electron chi connectivity index (χ0n) is 6.66. The molecule has 0 bridgehead atoms. The fraction of sp³-hybridized carbons (Fsp3) is 0.500. The molecule has 2 nitrogen and oxygen atoms in total. The summed E-state index contributed by atoms with van der Waals surface area (Å²) in [6.45, 7) is 1.43. The highest BCUT2D eigenvalue weighted by atomic mass is 35.5. The monoisotopic (exact) mass is 205 g/mol. The van der Waals surface area contributed by atoms with E-state index in [0.29, 0.717) is 6.54 Å². The first-order valence-electron chi connectivity index (χ1n) is 3.79. The number of hydrogen-bond donors (Lipinski definition) is 1. The van der Waals surface area contributed by atoms with Crippen LogP contribution in [0.15, 0.2) is 11.4 Å². The summed E-state index contributed by atoms with van der Waals surface area (Å²) < 4.78 is 5.49. The van der Waals surface area contributed by atoms with Crippen LogP contribution in [0.2, 0.25) is 0 Å². The topological polar surface area (TPSA) is 35.2 Å². The molecule has 1 aromatic heterocycles. The Hall–Kier alpha value is -0.0900. The fourth-order valence-corrected chi connectivity index (χ4v) is 2.33. The van der Waals surface area contributed by atoms with Gasteiger partial charge in [-0.05, 0) is 17.0 Å². The first kappa shape index (κ1) is 9.99. The van der Waals surface area contributed by atoms with Crippen molar-refractivity contribution in [3.63, 3.8) is 0 Å². The minimum absolute atomic E-state index is 0. The average Bonchev–Trinajstić information content (AvgIpc) is 2.50. The van der Waals surface area contributed by atoms with Crippen molar-refractivity contribution in [2.75, 3.05) is 13.2 Å². The summed E-state index contributed by atoms with van der Waals surface area (Å²) in [5.74, 6) is 0. The molecule has 12 heavy (non-hydrogen) atoms. The molecule has 1 aliphatic rings. The van der Waals surface area contributed by atoms with E-state index in [9.17, 15) is 0 Å². The molecule has 1 aliphatic heterocycles. The minimum atomic E-state index is 0. The number of hydrogen-bond acceptors (Lipinski definition) is 3. The van der Waals surface area contributed by atoms with Crippen molar-refractivity contribution < 1.29 is 4.74 Å². The molecule has 0 saturated heterocycles. The lowest BCUT2D eigenvalue weighted by atomic mass is 10.1. The van der Waals surface area contributed by atoms with E-state index < -0.39 is 0 Å². The Labute approximate surface area is 82.1 Å². The van der Waals surface area contributed by atoms with Crippen LogP contribution in [0, 0.1) is 0 Å². The Morgan fingerprint density at radius 1 is 1.67 bits per heavy atom. The summed E-state index contributed by atoms with van der Waals surface area (Å²) in [6, 6.07) is 2.12. The number of nitrogens with two attached hydrogens (primary N) is 1. The number of thiophene rings is 1.